The van der Waals surface area contributed by atoms with Gasteiger partial charge in [0.2, 0.25) is 0 Å². The number of nitro benzene ring substituents is 1. The second kappa shape index (κ2) is 6.91. The van der Waals surface area contributed by atoms with Crippen molar-refractivity contribution in [2.45, 2.75) is 18.9 Å². The van der Waals surface area contributed by atoms with Crippen LogP contribution in [-0.4, -0.2) is 48.0 Å². The Balaban J connectivity index is 1.50. The van der Waals surface area contributed by atoms with Gasteiger partial charge in [-0.1, -0.05) is 0 Å². The Kier molecular flexibility index (Phi) is 4.46. The fraction of sp³-hybridized carbons (Fsp3) is 0.412. The maximum absolute atomic E-state index is 12.2. The van der Waals surface area contributed by atoms with Crippen molar-refractivity contribution in [3.05, 3.63) is 45.5 Å². The van der Waals surface area contributed by atoms with Crippen LogP contribution < -0.4 is 15.1 Å². The molecule has 1 saturated heterocycles. The van der Waals surface area contributed by atoms with E-state index in [1.807, 2.05) is 10.3 Å². The minimum Gasteiger partial charge on any atom is -0.362 e. The normalized spacial score (nSPS) is 17.2. The zero-order valence-electron chi connectivity index (χ0n) is 14.1. The minimum absolute atomic E-state index is 0.0175. The number of hydrogen-bond donors (Lipinski definition) is 1. The molecule has 1 N–H and O–H groups in total. The first-order valence-corrected chi connectivity index (χ1v) is 9.48. The fourth-order valence-electron chi connectivity index (χ4n) is 3.09. The van der Waals surface area contributed by atoms with Crippen LogP contribution in [0.25, 0.3) is 0 Å². The number of aromatic nitrogens is 1. The SMILES string of the molecule is O=C(NC1CC1)c1ccc(N2CCN(c3nccs3)CC2)c([N+](=O)[O-])c1. The Labute approximate surface area is 154 Å². The molecule has 136 valence electrons. The fourth-order valence-corrected chi connectivity index (χ4v) is 3.78. The number of nitrogens with one attached hydrogen (secondary N) is 1. The highest BCUT2D eigenvalue weighted by atomic mass is 32.1. The molecule has 1 amide bonds. The van der Waals surface area contributed by atoms with Gasteiger partial charge in [-0.2, -0.15) is 0 Å². The van der Waals surface area contributed by atoms with Crippen LogP contribution in [0.15, 0.2) is 29.8 Å². The van der Waals surface area contributed by atoms with Crippen LogP contribution in [0.4, 0.5) is 16.5 Å². The molecule has 2 aromatic rings. The number of anilines is 2. The summed E-state index contributed by atoms with van der Waals surface area (Å²) < 4.78 is 0. The van der Waals surface area contributed by atoms with Crippen LogP contribution in [0, 0.1) is 10.1 Å². The molecular weight excluding hydrogens is 354 g/mol. The van der Waals surface area contributed by atoms with Crippen molar-refractivity contribution in [1.82, 2.24) is 10.3 Å². The molecule has 1 saturated carbocycles. The topological polar surface area (TPSA) is 91.6 Å². The van der Waals surface area contributed by atoms with Crippen molar-refractivity contribution >= 4 is 33.8 Å². The molecule has 0 atom stereocenters. The van der Waals surface area contributed by atoms with Gasteiger partial charge in [0.25, 0.3) is 11.6 Å². The predicted octanol–water partition coefficient (Wildman–Crippen LogP) is 2.27. The molecule has 2 aliphatic rings. The van der Waals surface area contributed by atoms with E-state index in [2.05, 4.69) is 15.2 Å². The van der Waals surface area contributed by atoms with Crippen molar-refractivity contribution in [1.29, 1.82) is 0 Å². The molecule has 2 heterocycles. The molecule has 8 nitrogen and oxygen atoms in total. The highest BCUT2D eigenvalue weighted by Gasteiger charge is 2.28. The average molecular weight is 373 g/mol. The molecule has 2 fully saturated rings. The molecule has 0 unspecified atom stereocenters. The first-order chi connectivity index (χ1) is 12.6. The summed E-state index contributed by atoms with van der Waals surface area (Å²) in [5, 5.41) is 17.3. The lowest BCUT2D eigenvalue weighted by Gasteiger charge is -2.35. The van der Waals surface area contributed by atoms with E-state index in [1.54, 1.807) is 29.7 Å². The number of hydrogen-bond acceptors (Lipinski definition) is 7. The van der Waals surface area contributed by atoms with E-state index in [9.17, 15) is 14.9 Å². The molecule has 26 heavy (non-hydrogen) atoms. The van der Waals surface area contributed by atoms with Gasteiger partial charge in [0.05, 0.1) is 4.92 Å². The highest BCUT2D eigenvalue weighted by molar-refractivity contribution is 7.13. The number of nitro groups is 1. The van der Waals surface area contributed by atoms with Crippen LogP contribution in [0.3, 0.4) is 0 Å². The molecule has 1 aromatic heterocycles. The number of benzene rings is 1. The number of nitrogens with zero attached hydrogens (tertiary/aromatic N) is 4. The van der Waals surface area contributed by atoms with E-state index >= 15 is 0 Å². The predicted molar refractivity (Wildman–Crippen MR) is 100 cm³/mol. The Hall–Kier alpha value is -2.68. The zero-order chi connectivity index (χ0) is 18.1. The van der Waals surface area contributed by atoms with Gasteiger partial charge >= 0.3 is 0 Å². The van der Waals surface area contributed by atoms with Gasteiger partial charge in [-0.3, -0.25) is 14.9 Å². The van der Waals surface area contributed by atoms with Crippen LogP contribution in [0.2, 0.25) is 0 Å². The summed E-state index contributed by atoms with van der Waals surface area (Å²) in [5.41, 5.74) is 0.890. The van der Waals surface area contributed by atoms with Crippen LogP contribution >= 0.6 is 11.3 Å². The summed E-state index contributed by atoms with van der Waals surface area (Å²) in [4.78, 5) is 31.8. The molecule has 1 aliphatic heterocycles. The third-order valence-corrected chi connectivity index (χ3v) is 5.49. The van der Waals surface area contributed by atoms with Gasteiger partial charge in [-0.05, 0) is 25.0 Å². The largest absolute Gasteiger partial charge is 0.362 e. The maximum atomic E-state index is 12.2. The third-order valence-electron chi connectivity index (χ3n) is 4.66. The Morgan fingerprint density at radius 2 is 1.96 bits per heavy atom. The van der Waals surface area contributed by atoms with Gasteiger partial charge in [0.15, 0.2) is 5.13 Å². The number of carbonyl (C=O) groups is 1. The number of thiazole rings is 1. The van der Waals surface area contributed by atoms with Crippen molar-refractivity contribution in [3.8, 4) is 0 Å². The van der Waals surface area contributed by atoms with Gasteiger partial charge in [-0.25, -0.2) is 4.98 Å². The lowest BCUT2D eigenvalue weighted by atomic mass is 10.1. The van der Waals surface area contributed by atoms with Crippen LogP contribution in [0.5, 0.6) is 0 Å². The summed E-state index contributed by atoms with van der Waals surface area (Å²) in [6.07, 6.45) is 3.74. The summed E-state index contributed by atoms with van der Waals surface area (Å²) in [5.74, 6) is -0.240. The van der Waals surface area contributed by atoms with E-state index in [0.29, 0.717) is 24.3 Å². The molecule has 0 bridgehead atoms. The standard InChI is InChI=1S/C17H19N5O3S/c23-16(19-13-2-3-13)12-1-4-14(15(11-12)22(24)25)20-6-8-21(9-7-20)17-18-5-10-26-17/h1,4-5,10-11,13H,2-3,6-9H2,(H,19,23). The van der Waals surface area contributed by atoms with Crippen molar-refractivity contribution in [3.63, 3.8) is 0 Å². The molecular formula is C17H19N5O3S. The number of rotatable bonds is 5. The smallest absolute Gasteiger partial charge is 0.293 e. The van der Waals surface area contributed by atoms with Crippen molar-refractivity contribution in [2.75, 3.05) is 36.0 Å². The molecule has 0 spiro atoms. The maximum Gasteiger partial charge on any atom is 0.293 e. The lowest BCUT2D eigenvalue weighted by Crippen LogP contribution is -2.46. The van der Waals surface area contributed by atoms with E-state index in [0.717, 1.165) is 31.1 Å². The van der Waals surface area contributed by atoms with Gasteiger partial charge < -0.3 is 15.1 Å². The summed E-state index contributed by atoms with van der Waals surface area (Å²) >= 11 is 1.59. The van der Waals surface area contributed by atoms with Gasteiger partial charge in [-0.15, -0.1) is 11.3 Å². The molecule has 0 radical (unpaired) electrons. The first-order valence-electron chi connectivity index (χ1n) is 8.60. The number of piperazine rings is 1. The Morgan fingerprint density at radius 3 is 2.58 bits per heavy atom. The average Bonchev–Trinajstić information content (AvgIpc) is 3.30. The number of amides is 1. The van der Waals surface area contributed by atoms with E-state index in [1.165, 1.54) is 6.07 Å². The van der Waals surface area contributed by atoms with Crippen molar-refractivity contribution in [2.24, 2.45) is 0 Å². The molecule has 4 rings (SSSR count). The number of carbonyl (C=O) groups excluding carboxylic acids is 1. The molecule has 9 heteroatoms. The summed E-state index contributed by atoms with van der Waals surface area (Å²) in [6.45, 7) is 2.87. The quantitative estimate of drug-likeness (QED) is 0.639. The Bertz CT molecular complexity index is 814. The van der Waals surface area contributed by atoms with E-state index in [4.69, 9.17) is 0 Å². The minimum atomic E-state index is -0.406. The zero-order valence-corrected chi connectivity index (χ0v) is 14.9. The highest BCUT2D eigenvalue weighted by Crippen LogP contribution is 2.31. The van der Waals surface area contributed by atoms with E-state index < -0.39 is 4.92 Å². The summed E-state index contributed by atoms with van der Waals surface area (Å²) in [6, 6.07) is 4.98. The second-order valence-corrected chi connectivity index (χ2v) is 7.37. The summed E-state index contributed by atoms with van der Waals surface area (Å²) in [7, 11) is 0. The first kappa shape index (κ1) is 16.8. The molecule has 1 aromatic carbocycles. The third kappa shape index (κ3) is 3.48. The molecule has 1 aliphatic carbocycles. The monoisotopic (exact) mass is 373 g/mol. The van der Waals surface area contributed by atoms with Crippen LogP contribution in [-0.2, 0) is 0 Å². The Morgan fingerprint density at radius 1 is 1.23 bits per heavy atom. The van der Waals surface area contributed by atoms with Gasteiger partial charge in [0.1, 0.15) is 5.69 Å². The lowest BCUT2D eigenvalue weighted by molar-refractivity contribution is -0.384. The second-order valence-electron chi connectivity index (χ2n) is 6.50. The van der Waals surface area contributed by atoms with Crippen molar-refractivity contribution < 1.29 is 9.72 Å². The van der Waals surface area contributed by atoms with Crippen LogP contribution in [0.1, 0.15) is 23.2 Å². The van der Waals surface area contributed by atoms with Gasteiger partial charge in [0, 0.05) is 55.4 Å². The van der Waals surface area contributed by atoms with E-state index in [-0.39, 0.29) is 17.6 Å².